The van der Waals surface area contributed by atoms with Gasteiger partial charge >= 0.3 is 12.4 Å². The monoisotopic (exact) mass is 942 g/mol. The first-order chi connectivity index (χ1) is 35.0. The van der Waals surface area contributed by atoms with Crippen molar-refractivity contribution in [2.75, 3.05) is 0 Å². The molecule has 342 valence electrons. The molecule has 14 rings (SSSR count). The zero-order valence-corrected chi connectivity index (χ0v) is 38.1. The number of halogens is 6. The van der Waals surface area contributed by atoms with Gasteiger partial charge in [-0.3, -0.25) is 0 Å². The summed E-state index contributed by atoms with van der Waals surface area (Å²) in [5.41, 5.74) is 14.1. The van der Waals surface area contributed by atoms with Crippen molar-refractivity contribution in [1.82, 2.24) is 0 Å². The minimum atomic E-state index is -5.00. The third-order valence-corrected chi connectivity index (χ3v) is 14.9. The number of hydrogen-bond donors (Lipinski definition) is 0. The highest BCUT2D eigenvalue weighted by Crippen LogP contribution is 2.64. The van der Waals surface area contributed by atoms with Gasteiger partial charge in [0.05, 0.1) is 11.1 Å². The second-order valence-corrected chi connectivity index (χ2v) is 18.8. The molecule has 0 bridgehead atoms. The van der Waals surface area contributed by atoms with Crippen molar-refractivity contribution in [2.45, 2.75) is 12.4 Å². The van der Waals surface area contributed by atoms with E-state index in [1.807, 2.05) is 66.7 Å². The van der Waals surface area contributed by atoms with Crippen LogP contribution >= 0.6 is 0 Å². The van der Waals surface area contributed by atoms with Gasteiger partial charge in [0, 0.05) is 0 Å². The first kappa shape index (κ1) is 42.2. The molecule has 2 aliphatic carbocycles. The summed E-state index contributed by atoms with van der Waals surface area (Å²) in [4.78, 5) is 0. The maximum Gasteiger partial charge on any atom is 0.416 e. The molecule has 0 nitrogen and oxygen atoms in total. The summed E-state index contributed by atoms with van der Waals surface area (Å²) in [5, 5.41) is 8.38. The average Bonchev–Trinajstić information content (AvgIpc) is 3.92. The lowest BCUT2D eigenvalue weighted by Gasteiger charge is -2.22. The van der Waals surface area contributed by atoms with Crippen LogP contribution in [0.2, 0.25) is 0 Å². The van der Waals surface area contributed by atoms with Crippen LogP contribution in [0.3, 0.4) is 0 Å². The molecule has 2 aliphatic rings. The van der Waals surface area contributed by atoms with E-state index in [0.29, 0.717) is 5.39 Å². The van der Waals surface area contributed by atoms with Gasteiger partial charge in [-0.1, -0.05) is 182 Å². The Bertz CT molecular complexity index is 4100. The normalized spacial score (nSPS) is 12.6. The Morgan fingerprint density at radius 1 is 0.222 bits per heavy atom. The smallest absolute Gasteiger partial charge is 0.166 e. The number of rotatable bonds is 5. The van der Waals surface area contributed by atoms with Crippen LogP contribution in [0, 0.1) is 0 Å². The Morgan fingerprint density at radius 3 is 0.889 bits per heavy atom. The highest BCUT2D eigenvalue weighted by atomic mass is 19.4. The van der Waals surface area contributed by atoms with Gasteiger partial charge in [-0.2, -0.15) is 26.3 Å². The second kappa shape index (κ2) is 15.4. The van der Waals surface area contributed by atoms with Crippen LogP contribution in [-0.4, -0.2) is 0 Å². The molecule has 0 spiro atoms. The fourth-order valence-electron chi connectivity index (χ4n) is 12.0. The van der Waals surface area contributed by atoms with Gasteiger partial charge < -0.3 is 0 Å². The number of alkyl halides is 6. The van der Waals surface area contributed by atoms with E-state index in [9.17, 15) is 26.3 Å². The van der Waals surface area contributed by atoms with Crippen molar-refractivity contribution < 1.29 is 26.3 Å². The third kappa shape index (κ3) is 6.21. The van der Waals surface area contributed by atoms with Crippen LogP contribution < -0.4 is 0 Å². The van der Waals surface area contributed by atoms with Crippen LogP contribution in [-0.2, 0) is 12.4 Å². The largest absolute Gasteiger partial charge is 0.416 e. The molecule has 0 saturated carbocycles. The molecule has 0 unspecified atom stereocenters. The molecule has 0 fully saturated rings. The first-order valence-corrected chi connectivity index (χ1v) is 23.8. The fraction of sp³-hybridized carbons (Fsp3) is 0.0303. The summed E-state index contributed by atoms with van der Waals surface area (Å²) in [5.74, 6) is 0. The van der Waals surface area contributed by atoms with Crippen molar-refractivity contribution in [1.29, 1.82) is 0 Å². The van der Waals surface area contributed by atoms with Crippen molar-refractivity contribution in [3.63, 3.8) is 0 Å². The Kier molecular flexibility index (Phi) is 9.01. The van der Waals surface area contributed by atoms with Crippen LogP contribution in [0.4, 0.5) is 26.3 Å². The molecule has 0 saturated heterocycles. The van der Waals surface area contributed by atoms with Gasteiger partial charge in [-0.15, -0.1) is 0 Å². The van der Waals surface area contributed by atoms with Gasteiger partial charge in [0.1, 0.15) is 0 Å². The van der Waals surface area contributed by atoms with Crippen LogP contribution in [0.15, 0.2) is 218 Å². The standard InChI is InChI=1S/C66H36F6/c67-65(68,69)45-31-44(32-46(36-45)66(70,71)72)43-25-26-47-52(35-43)56(38-17-7-2-8-18-38)62-49-29-30-51-60-50(28-27-48(59(49)60)61(62)55(47)37-15-5-1-6-16-37)63-57(39-19-9-3-10-20-39)53-33-41-23-13-14-24-42(41)34-54(53)58(64(51)63)40-21-11-4-12-22-40/h1-36H. The van der Waals surface area contributed by atoms with Crippen molar-refractivity contribution >= 4 is 43.1 Å². The van der Waals surface area contributed by atoms with Crippen molar-refractivity contribution in [2.24, 2.45) is 0 Å². The van der Waals surface area contributed by atoms with E-state index in [0.717, 1.165) is 139 Å². The molecule has 0 aromatic heterocycles. The van der Waals surface area contributed by atoms with Crippen LogP contribution in [0.1, 0.15) is 11.1 Å². The highest BCUT2D eigenvalue weighted by molar-refractivity contribution is 6.35. The van der Waals surface area contributed by atoms with Crippen LogP contribution in [0.25, 0.3) is 143 Å². The zero-order chi connectivity index (χ0) is 48.6. The summed E-state index contributed by atoms with van der Waals surface area (Å²) < 4.78 is 86.1. The lowest BCUT2D eigenvalue weighted by Crippen LogP contribution is -2.11. The minimum Gasteiger partial charge on any atom is -0.166 e. The SMILES string of the molecule is FC(F)(F)c1cc(-c2ccc3c(-c4ccccc4)c4c(c(-c5ccccc5)c3c2)-c2ccc3c5c(ccc-4c25)-c2c-3c(-c3ccccc3)c3cc4ccccc4cc3c2-c2ccccc2)cc(C(F)(F)F)c1. The minimum absolute atomic E-state index is 0.174. The van der Waals surface area contributed by atoms with Crippen molar-refractivity contribution in [3.8, 4) is 100 Å². The van der Waals surface area contributed by atoms with E-state index in [-0.39, 0.29) is 17.2 Å². The molecular formula is C66H36F6. The zero-order valence-electron chi connectivity index (χ0n) is 38.1. The molecule has 12 aromatic carbocycles. The summed E-state index contributed by atoms with van der Waals surface area (Å²) in [6.45, 7) is 0. The molecule has 0 heterocycles. The first-order valence-electron chi connectivity index (χ1n) is 23.8. The van der Waals surface area contributed by atoms with E-state index in [1.165, 1.54) is 0 Å². The summed E-state index contributed by atoms with van der Waals surface area (Å²) >= 11 is 0. The van der Waals surface area contributed by atoms with Gasteiger partial charge in [0.25, 0.3) is 0 Å². The van der Waals surface area contributed by atoms with E-state index in [2.05, 4.69) is 121 Å². The number of benzene rings is 12. The predicted molar refractivity (Wildman–Crippen MR) is 283 cm³/mol. The maximum absolute atomic E-state index is 14.3. The third-order valence-electron chi connectivity index (χ3n) is 14.9. The number of hydrogen-bond acceptors (Lipinski definition) is 0. The second-order valence-electron chi connectivity index (χ2n) is 18.8. The fourth-order valence-corrected chi connectivity index (χ4v) is 12.0. The van der Waals surface area contributed by atoms with Gasteiger partial charge in [0.15, 0.2) is 0 Å². The average molecular weight is 943 g/mol. The quantitative estimate of drug-likeness (QED) is 0.119. The Hall–Kier alpha value is -8.74. The summed E-state index contributed by atoms with van der Waals surface area (Å²) in [7, 11) is 0. The Morgan fingerprint density at radius 2 is 0.542 bits per heavy atom. The number of fused-ring (bicyclic) bond motifs is 9. The van der Waals surface area contributed by atoms with E-state index < -0.39 is 23.5 Å². The van der Waals surface area contributed by atoms with Gasteiger partial charge in [-0.25, -0.2) is 0 Å². The van der Waals surface area contributed by atoms with E-state index >= 15 is 0 Å². The lowest BCUT2D eigenvalue weighted by atomic mass is 9.81. The van der Waals surface area contributed by atoms with E-state index in [1.54, 1.807) is 12.1 Å². The van der Waals surface area contributed by atoms with E-state index in [4.69, 9.17) is 0 Å². The Balaban J connectivity index is 1.13. The Labute approximate surface area is 409 Å². The molecular weight excluding hydrogens is 907 g/mol. The van der Waals surface area contributed by atoms with Gasteiger partial charge in [0.2, 0.25) is 0 Å². The molecule has 6 heteroatoms. The molecule has 0 radical (unpaired) electrons. The molecule has 0 amide bonds. The van der Waals surface area contributed by atoms with Crippen molar-refractivity contribution in [3.05, 3.63) is 230 Å². The molecule has 0 atom stereocenters. The molecule has 12 aromatic rings. The topological polar surface area (TPSA) is 0 Å². The van der Waals surface area contributed by atoms with Crippen LogP contribution in [0.5, 0.6) is 0 Å². The lowest BCUT2D eigenvalue weighted by molar-refractivity contribution is -0.143. The molecule has 0 N–H and O–H groups in total. The molecule has 0 aliphatic heterocycles. The summed E-state index contributed by atoms with van der Waals surface area (Å²) in [6, 6.07) is 70.6. The molecule has 72 heavy (non-hydrogen) atoms. The van der Waals surface area contributed by atoms with Gasteiger partial charge in [-0.05, 0) is 180 Å². The maximum atomic E-state index is 14.3. The highest BCUT2D eigenvalue weighted by Gasteiger charge is 2.39. The predicted octanol–water partition coefficient (Wildman–Crippen LogP) is 20.0. The summed E-state index contributed by atoms with van der Waals surface area (Å²) in [6.07, 6.45) is -10.0.